The smallest absolute Gasteiger partial charge is 0.215 e. The first-order valence-corrected chi connectivity index (χ1v) is 5.58. The first-order chi connectivity index (χ1) is 6.42. The summed E-state index contributed by atoms with van der Waals surface area (Å²) >= 11 is 0. The van der Waals surface area contributed by atoms with Crippen LogP contribution in [0.3, 0.4) is 0 Å². The molecule has 0 aliphatic carbocycles. The number of rotatable bonds is 4. The van der Waals surface area contributed by atoms with E-state index in [0.29, 0.717) is 0 Å². The highest BCUT2D eigenvalue weighted by molar-refractivity contribution is 7.89. The molecule has 0 radical (unpaired) electrons. The monoisotopic (exact) mass is 219 g/mol. The lowest BCUT2D eigenvalue weighted by atomic mass is 10.8. The number of sulfonamides is 1. The Morgan fingerprint density at radius 3 is 2.64 bits per heavy atom. The molecule has 0 unspecified atom stereocenters. The maximum absolute atomic E-state index is 11.3. The zero-order valence-electron chi connectivity index (χ0n) is 8.08. The van der Waals surface area contributed by atoms with Crippen LogP contribution in [0.2, 0.25) is 0 Å². The SMILES string of the molecule is CN(C)S(=O)(=O)CCn1ncc(N)n1. The molecule has 2 N–H and O–H groups in total. The summed E-state index contributed by atoms with van der Waals surface area (Å²) in [6, 6.07) is 0. The molecule has 1 aromatic rings. The Bertz CT molecular complexity index is 396. The van der Waals surface area contributed by atoms with Crippen LogP contribution in [-0.2, 0) is 16.6 Å². The van der Waals surface area contributed by atoms with Gasteiger partial charge in [0.1, 0.15) is 0 Å². The fourth-order valence-electron chi connectivity index (χ4n) is 0.798. The minimum atomic E-state index is -3.20. The molecule has 0 aliphatic rings. The summed E-state index contributed by atoms with van der Waals surface area (Å²) in [5.41, 5.74) is 5.32. The molecule has 14 heavy (non-hydrogen) atoms. The lowest BCUT2D eigenvalue weighted by Gasteiger charge is -2.10. The van der Waals surface area contributed by atoms with E-state index in [4.69, 9.17) is 5.73 Å². The lowest BCUT2D eigenvalue weighted by molar-refractivity contribution is 0.502. The van der Waals surface area contributed by atoms with Crippen molar-refractivity contribution in [3.8, 4) is 0 Å². The van der Waals surface area contributed by atoms with Crippen molar-refractivity contribution < 1.29 is 8.42 Å². The van der Waals surface area contributed by atoms with Crippen LogP contribution in [0.1, 0.15) is 0 Å². The summed E-state index contributed by atoms with van der Waals surface area (Å²) in [5.74, 6) is 0.251. The topological polar surface area (TPSA) is 94.1 Å². The number of aromatic nitrogens is 3. The highest BCUT2D eigenvalue weighted by Gasteiger charge is 2.13. The molecule has 8 heteroatoms. The standard InChI is InChI=1S/C6H13N5O2S/c1-10(2)14(12,13)4-3-11-8-5-6(7)9-11/h5H,3-4H2,1-2H3,(H2,7,9). The zero-order chi connectivity index (χ0) is 10.8. The van der Waals surface area contributed by atoms with Crippen molar-refractivity contribution in [1.82, 2.24) is 19.3 Å². The molecule has 0 aliphatic heterocycles. The second kappa shape index (κ2) is 3.93. The second-order valence-corrected chi connectivity index (χ2v) is 5.27. The Hall–Kier alpha value is -1.15. The van der Waals surface area contributed by atoms with E-state index in [1.54, 1.807) is 0 Å². The van der Waals surface area contributed by atoms with Gasteiger partial charge in [0.25, 0.3) is 0 Å². The average molecular weight is 219 g/mol. The van der Waals surface area contributed by atoms with Gasteiger partial charge in [0.15, 0.2) is 5.82 Å². The maximum Gasteiger partial charge on any atom is 0.215 e. The summed E-state index contributed by atoms with van der Waals surface area (Å²) in [7, 11) is -0.223. The van der Waals surface area contributed by atoms with Gasteiger partial charge in [-0.25, -0.2) is 12.7 Å². The van der Waals surface area contributed by atoms with Gasteiger partial charge in [-0.2, -0.15) is 9.90 Å². The van der Waals surface area contributed by atoms with Gasteiger partial charge < -0.3 is 5.73 Å². The first-order valence-electron chi connectivity index (χ1n) is 3.97. The largest absolute Gasteiger partial charge is 0.381 e. The molecule has 0 saturated carbocycles. The van der Waals surface area contributed by atoms with E-state index in [9.17, 15) is 8.42 Å². The van der Waals surface area contributed by atoms with Gasteiger partial charge in [0.2, 0.25) is 10.0 Å². The number of nitrogens with two attached hydrogens (primary N) is 1. The summed E-state index contributed by atoms with van der Waals surface area (Å²) < 4.78 is 23.8. The van der Waals surface area contributed by atoms with Gasteiger partial charge in [-0.1, -0.05) is 0 Å². The summed E-state index contributed by atoms with van der Waals surface area (Å²) in [6.07, 6.45) is 1.38. The number of anilines is 1. The molecule has 0 fully saturated rings. The highest BCUT2D eigenvalue weighted by Crippen LogP contribution is 1.96. The molecule has 7 nitrogen and oxygen atoms in total. The van der Waals surface area contributed by atoms with E-state index >= 15 is 0 Å². The van der Waals surface area contributed by atoms with E-state index in [-0.39, 0.29) is 18.1 Å². The third-order valence-corrected chi connectivity index (χ3v) is 3.47. The van der Waals surface area contributed by atoms with Crippen molar-refractivity contribution in [3.05, 3.63) is 6.20 Å². The van der Waals surface area contributed by atoms with Gasteiger partial charge in [-0.05, 0) is 0 Å². The predicted octanol–water partition coefficient (Wildman–Crippen LogP) is -1.25. The van der Waals surface area contributed by atoms with Crippen molar-refractivity contribution in [1.29, 1.82) is 0 Å². The van der Waals surface area contributed by atoms with Gasteiger partial charge in [-0.3, -0.25) is 0 Å². The van der Waals surface area contributed by atoms with E-state index in [2.05, 4.69) is 10.2 Å². The van der Waals surface area contributed by atoms with E-state index < -0.39 is 10.0 Å². The Labute approximate surface area is 82.5 Å². The van der Waals surface area contributed by atoms with Crippen LogP contribution >= 0.6 is 0 Å². The lowest BCUT2D eigenvalue weighted by Crippen LogP contribution is -2.27. The minimum Gasteiger partial charge on any atom is -0.381 e. The molecule has 0 aromatic carbocycles. The molecule has 1 heterocycles. The van der Waals surface area contributed by atoms with Crippen LogP contribution in [0, 0.1) is 0 Å². The molecule has 0 spiro atoms. The quantitative estimate of drug-likeness (QED) is 0.683. The number of aryl methyl sites for hydroxylation is 1. The molecule has 0 saturated heterocycles. The molecule has 1 aromatic heterocycles. The fraction of sp³-hybridized carbons (Fsp3) is 0.667. The van der Waals surface area contributed by atoms with E-state index in [1.807, 2.05) is 0 Å². The molecule has 0 atom stereocenters. The number of hydrogen-bond acceptors (Lipinski definition) is 5. The Morgan fingerprint density at radius 1 is 1.57 bits per heavy atom. The van der Waals surface area contributed by atoms with Crippen LogP contribution in [0.4, 0.5) is 5.82 Å². The number of hydrogen-bond donors (Lipinski definition) is 1. The Balaban J connectivity index is 2.57. The van der Waals surface area contributed by atoms with Gasteiger partial charge in [-0.15, -0.1) is 5.10 Å². The van der Waals surface area contributed by atoms with Crippen molar-refractivity contribution >= 4 is 15.8 Å². The fourth-order valence-corrected chi connectivity index (χ4v) is 1.56. The van der Waals surface area contributed by atoms with Crippen molar-refractivity contribution in [3.63, 3.8) is 0 Å². The van der Waals surface area contributed by atoms with E-state index in [0.717, 1.165) is 0 Å². The normalized spacial score (nSPS) is 12.2. The Kier molecular flexibility index (Phi) is 3.06. The van der Waals surface area contributed by atoms with Crippen molar-refractivity contribution in [2.75, 3.05) is 25.6 Å². The van der Waals surface area contributed by atoms with Gasteiger partial charge in [0, 0.05) is 14.1 Å². The van der Waals surface area contributed by atoms with Gasteiger partial charge in [0.05, 0.1) is 18.5 Å². The first kappa shape index (κ1) is 10.9. The van der Waals surface area contributed by atoms with Crippen LogP contribution in [0.5, 0.6) is 0 Å². The molecule has 1 rings (SSSR count). The molecule has 80 valence electrons. The van der Waals surface area contributed by atoms with Crippen molar-refractivity contribution in [2.24, 2.45) is 0 Å². The minimum absolute atomic E-state index is 0.0336. The van der Waals surface area contributed by atoms with Crippen LogP contribution < -0.4 is 5.73 Å². The van der Waals surface area contributed by atoms with E-state index in [1.165, 1.54) is 29.4 Å². The summed E-state index contributed by atoms with van der Waals surface area (Å²) in [5, 5.41) is 7.55. The number of nitrogen functional groups attached to an aromatic ring is 1. The third kappa shape index (κ3) is 2.67. The predicted molar refractivity (Wildman–Crippen MR) is 51.9 cm³/mol. The van der Waals surface area contributed by atoms with Gasteiger partial charge >= 0.3 is 0 Å². The second-order valence-electron chi connectivity index (χ2n) is 2.96. The highest BCUT2D eigenvalue weighted by atomic mass is 32.2. The van der Waals surface area contributed by atoms with Crippen molar-refractivity contribution in [2.45, 2.75) is 6.54 Å². The van der Waals surface area contributed by atoms with Crippen LogP contribution in [0.15, 0.2) is 6.20 Å². The van der Waals surface area contributed by atoms with Crippen LogP contribution in [0.25, 0.3) is 0 Å². The molecular formula is C6H13N5O2S. The molecular weight excluding hydrogens is 206 g/mol. The molecule has 0 bridgehead atoms. The zero-order valence-corrected chi connectivity index (χ0v) is 8.90. The Morgan fingerprint density at radius 2 is 2.21 bits per heavy atom. The maximum atomic E-state index is 11.3. The number of nitrogens with zero attached hydrogens (tertiary/aromatic N) is 4. The average Bonchev–Trinajstić information content (AvgIpc) is 2.48. The molecule has 0 amide bonds. The van der Waals surface area contributed by atoms with Crippen LogP contribution in [-0.4, -0.2) is 47.6 Å². The summed E-state index contributed by atoms with van der Waals surface area (Å²) in [4.78, 5) is 1.26. The summed E-state index contributed by atoms with van der Waals surface area (Å²) in [6.45, 7) is 0.206. The third-order valence-electron chi connectivity index (χ3n) is 1.66.